The molecule has 2 aromatic carbocycles. The van der Waals surface area contributed by atoms with E-state index in [-0.39, 0.29) is 29.9 Å². The topological polar surface area (TPSA) is 60.4 Å². The first-order chi connectivity index (χ1) is 17.5. The van der Waals surface area contributed by atoms with Crippen molar-refractivity contribution in [1.82, 2.24) is 15.0 Å². The Morgan fingerprint density at radius 3 is 2.61 bits per heavy atom. The number of ether oxygens (including phenoxy) is 2. The van der Waals surface area contributed by atoms with Crippen LogP contribution in [0.25, 0.3) is 32.9 Å². The van der Waals surface area contributed by atoms with Crippen molar-refractivity contribution in [2.24, 2.45) is 11.8 Å². The maximum absolute atomic E-state index is 16.3. The highest BCUT2D eigenvalue weighted by Crippen LogP contribution is 2.41. The summed E-state index contributed by atoms with van der Waals surface area (Å²) in [5.74, 6) is 1.46. The Balaban J connectivity index is 1.51. The first-order valence-electron chi connectivity index (χ1n) is 12.5. The van der Waals surface area contributed by atoms with Gasteiger partial charge in [-0.15, -0.1) is 0 Å². The predicted molar refractivity (Wildman–Crippen MR) is 140 cm³/mol. The SMILES string of the molecule is CO[C@H](C)COc1nc(N2CC3CCC(C3)C2)c2cnc(-c3cccc4cccc(Cl)c34)c(F)c2n1. The van der Waals surface area contributed by atoms with Crippen LogP contribution >= 0.6 is 11.6 Å². The molecule has 2 fully saturated rings. The van der Waals surface area contributed by atoms with Gasteiger partial charge in [-0.25, -0.2) is 4.39 Å². The fourth-order valence-corrected chi connectivity index (χ4v) is 5.93. The summed E-state index contributed by atoms with van der Waals surface area (Å²) in [5, 5.41) is 2.83. The summed E-state index contributed by atoms with van der Waals surface area (Å²) in [5.41, 5.74) is 1.04. The molecular weight excluding hydrogens is 479 g/mol. The van der Waals surface area contributed by atoms with Crippen LogP contribution < -0.4 is 9.64 Å². The van der Waals surface area contributed by atoms with Crippen molar-refractivity contribution in [3.05, 3.63) is 53.4 Å². The Bertz CT molecular complexity index is 1430. The molecule has 2 aliphatic rings. The van der Waals surface area contributed by atoms with E-state index in [1.807, 2.05) is 37.3 Å². The van der Waals surface area contributed by atoms with E-state index in [4.69, 9.17) is 26.1 Å². The molecule has 3 heterocycles. The summed E-state index contributed by atoms with van der Waals surface area (Å²) in [4.78, 5) is 16.1. The number of methoxy groups -OCH3 is 1. The average Bonchev–Trinajstić information content (AvgIpc) is 3.24. The van der Waals surface area contributed by atoms with Gasteiger partial charge in [0.15, 0.2) is 5.82 Å². The summed E-state index contributed by atoms with van der Waals surface area (Å²) in [6.07, 6.45) is 5.27. The van der Waals surface area contributed by atoms with Gasteiger partial charge < -0.3 is 14.4 Å². The van der Waals surface area contributed by atoms with Gasteiger partial charge in [-0.1, -0.05) is 41.9 Å². The van der Waals surface area contributed by atoms with Crippen LogP contribution in [0.5, 0.6) is 6.01 Å². The number of hydrogen-bond acceptors (Lipinski definition) is 6. The van der Waals surface area contributed by atoms with Crippen LogP contribution in [-0.2, 0) is 4.74 Å². The third kappa shape index (κ3) is 4.14. The molecule has 0 amide bonds. The number of fused-ring (bicyclic) bond motifs is 4. The normalized spacial score (nSPS) is 20.3. The summed E-state index contributed by atoms with van der Waals surface area (Å²) in [7, 11) is 1.62. The van der Waals surface area contributed by atoms with E-state index < -0.39 is 5.82 Å². The van der Waals surface area contributed by atoms with Crippen LogP contribution in [0, 0.1) is 17.7 Å². The molecule has 6 rings (SSSR count). The Morgan fingerprint density at radius 2 is 1.86 bits per heavy atom. The molecule has 2 unspecified atom stereocenters. The Morgan fingerprint density at radius 1 is 1.11 bits per heavy atom. The molecule has 2 bridgehead atoms. The number of halogens is 2. The van der Waals surface area contributed by atoms with Gasteiger partial charge in [0.25, 0.3) is 0 Å². The maximum atomic E-state index is 16.3. The van der Waals surface area contributed by atoms with Crippen LogP contribution in [-0.4, -0.2) is 47.9 Å². The largest absolute Gasteiger partial charge is 0.461 e. The highest BCUT2D eigenvalue weighted by molar-refractivity contribution is 6.36. The fourth-order valence-electron chi connectivity index (χ4n) is 5.65. The van der Waals surface area contributed by atoms with E-state index in [9.17, 15) is 0 Å². The lowest BCUT2D eigenvalue weighted by Crippen LogP contribution is -2.37. The van der Waals surface area contributed by atoms with Crippen LogP contribution in [0.3, 0.4) is 0 Å². The van der Waals surface area contributed by atoms with Gasteiger partial charge >= 0.3 is 6.01 Å². The zero-order valence-electron chi connectivity index (χ0n) is 20.4. The summed E-state index contributed by atoms with van der Waals surface area (Å²) in [6.45, 7) is 3.97. The minimum atomic E-state index is -0.506. The van der Waals surface area contributed by atoms with Crippen molar-refractivity contribution in [1.29, 1.82) is 0 Å². The number of pyridine rings is 1. The van der Waals surface area contributed by atoms with Gasteiger partial charge in [0, 0.05) is 42.4 Å². The molecule has 1 saturated carbocycles. The molecule has 8 heteroatoms. The molecule has 36 heavy (non-hydrogen) atoms. The molecule has 0 radical (unpaired) electrons. The maximum Gasteiger partial charge on any atom is 0.319 e. The highest BCUT2D eigenvalue weighted by atomic mass is 35.5. The molecule has 2 aromatic heterocycles. The van der Waals surface area contributed by atoms with E-state index in [1.165, 1.54) is 19.3 Å². The van der Waals surface area contributed by atoms with Crippen molar-refractivity contribution in [2.75, 3.05) is 31.7 Å². The standard InChI is InChI=1S/C28H28ClFN4O2/c1-16(35-2)15-36-28-32-26-21(27(33-28)34-13-17-9-10-18(11-17)14-34)12-31-25(24(26)30)20-7-3-5-19-6-4-8-22(29)23(19)20/h3-8,12,16-18H,9-11,13-15H2,1-2H3/t16-,17?,18?/m1/s1. The minimum Gasteiger partial charge on any atom is -0.461 e. The predicted octanol–water partition coefficient (Wildman–Crippen LogP) is 6.29. The summed E-state index contributed by atoms with van der Waals surface area (Å²) < 4.78 is 27.5. The smallest absolute Gasteiger partial charge is 0.319 e. The molecular formula is C28H28ClFN4O2. The average molecular weight is 507 g/mol. The fraction of sp³-hybridized carbons (Fsp3) is 0.393. The number of piperidine rings is 1. The lowest BCUT2D eigenvalue weighted by Gasteiger charge is -2.33. The molecule has 3 atom stereocenters. The Kier molecular flexibility index (Phi) is 6.13. The second kappa shape index (κ2) is 9.45. The van der Waals surface area contributed by atoms with E-state index in [1.54, 1.807) is 19.4 Å². The van der Waals surface area contributed by atoms with Crippen LogP contribution in [0.4, 0.5) is 10.2 Å². The zero-order chi connectivity index (χ0) is 24.8. The lowest BCUT2D eigenvalue weighted by molar-refractivity contribution is 0.0682. The third-order valence-electron chi connectivity index (χ3n) is 7.51. The molecule has 0 spiro atoms. The van der Waals surface area contributed by atoms with E-state index in [0.29, 0.717) is 33.6 Å². The number of rotatable bonds is 6. The van der Waals surface area contributed by atoms with Crippen LogP contribution in [0.2, 0.25) is 5.02 Å². The molecule has 1 aliphatic heterocycles. The number of anilines is 1. The number of benzene rings is 2. The molecule has 6 nitrogen and oxygen atoms in total. The van der Waals surface area contributed by atoms with Crippen molar-refractivity contribution in [2.45, 2.75) is 32.3 Å². The summed E-state index contributed by atoms with van der Waals surface area (Å²) >= 11 is 6.54. The second-order valence-electron chi connectivity index (χ2n) is 9.96. The second-order valence-corrected chi connectivity index (χ2v) is 10.4. The van der Waals surface area contributed by atoms with Gasteiger partial charge in [0.2, 0.25) is 0 Å². The number of hydrogen-bond donors (Lipinski definition) is 0. The molecule has 4 aromatic rings. The van der Waals surface area contributed by atoms with Gasteiger partial charge in [-0.2, -0.15) is 9.97 Å². The molecule has 1 saturated heterocycles. The molecule has 186 valence electrons. The van der Waals surface area contributed by atoms with Crippen molar-refractivity contribution >= 4 is 39.1 Å². The first kappa shape index (κ1) is 23.4. The molecule has 0 N–H and O–H groups in total. The first-order valence-corrected chi connectivity index (χ1v) is 12.8. The monoisotopic (exact) mass is 506 g/mol. The van der Waals surface area contributed by atoms with Gasteiger partial charge in [-0.05, 0) is 49.5 Å². The summed E-state index contributed by atoms with van der Waals surface area (Å²) in [6, 6.07) is 11.5. The van der Waals surface area contributed by atoms with Gasteiger partial charge in [0.05, 0.1) is 11.5 Å². The Labute approximate surface area is 214 Å². The van der Waals surface area contributed by atoms with Crippen LogP contribution in [0.15, 0.2) is 42.6 Å². The van der Waals surface area contributed by atoms with Crippen LogP contribution in [0.1, 0.15) is 26.2 Å². The van der Waals surface area contributed by atoms with Crippen molar-refractivity contribution in [3.8, 4) is 17.3 Å². The van der Waals surface area contributed by atoms with E-state index >= 15 is 4.39 Å². The van der Waals surface area contributed by atoms with Gasteiger partial charge in [-0.3, -0.25) is 4.98 Å². The van der Waals surface area contributed by atoms with Crippen molar-refractivity contribution in [3.63, 3.8) is 0 Å². The number of nitrogens with zero attached hydrogens (tertiary/aromatic N) is 4. The van der Waals surface area contributed by atoms with Crippen molar-refractivity contribution < 1.29 is 13.9 Å². The minimum absolute atomic E-state index is 0.144. The van der Waals surface area contributed by atoms with Gasteiger partial charge in [0.1, 0.15) is 23.6 Å². The Hall–Kier alpha value is -3.03. The van der Waals surface area contributed by atoms with E-state index in [2.05, 4.69) is 14.9 Å². The quantitative estimate of drug-likeness (QED) is 0.306. The lowest BCUT2D eigenvalue weighted by atomic mass is 9.98. The zero-order valence-corrected chi connectivity index (χ0v) is 21.1. The molecule has 1 aliphatic carbocycles. The third-order valence-corrected chi connectivity index (χ3v) is 7.82. The highest BCUT2D eigenvalue weighted by Gasteiger charge is 2.34. The van der Waals surface area contributed by atoms with E-state index in [0.717, 1.165) is 23.9 Å². The number of aromatic nitrogens is 3.